The molecule has 0 spiro atoms. The lowest BCUT2D eigenvalue weighted by Crippen LogP contribution is -2.12. The van der Waals surface area contributed by atoms with Crippen LogP contribution in [0.15, 0.2) is 36.4 Å². The van der Waals surface area contributed by atoms with Crippen molar-refractivity contribution in [2.75, 3.05) is 6.61 Å². The van der Waals surface area contributed by atoms with Gasteiger partial charge in [0.2, 0.25) is 0 Å². The molecule has 2 unspecified atom stereocenters. The van der Waals surface area contributed by atoms with Crippen molar-refractivity contribution in [3.8, 4) is 5.75 Å². The molecule has 0 bridgehead atoms. The molecule has 1 nitrogen and oxygen atoms in total. The minimum absolute atomic E-state index is 0.155. The highest BCUT2D eigenvalue weighted by Gasteiger charge is 2.28. The van der Waals surface area contributed by atoms with E-state index in [1.807, 2.05) is 0 Å². The fourth-order valence-corrected chi connectivity index (χ4v) is 3.65. The van der Waals surface area contributed by atoms with Crippen LogP contribution >= 0.6 is 0 Å². The molecule has 0 aromatic heterocycles. The van der Waals surface area contributed by atoms with E-state index in [0.29, 0.717) is 12.8 Å². The SMILES string of the molecule is CCOc1ccc(C2C=CC(c3ccc(C)c(F)c3F)CC2)c(F)c1C(F)F. The van der Waals surface area contributed by atoms with E-state index in [4.69, 9.17) is 4.74 Å². The Labute approximate surface area is 160 Å². The van der Waals surface area contributed by atoms with Crippen molar-refractivity contribution in [3.05, 3.63) is 76.1 Å². The molecule has 0 amide bonds. The van der Waals surface area contributed by atoms with Gasteiger partial charge in [0, 0.05) is 11.8 Å². The topological polar surface area (TPSA) is 9.23 Å². The van der Waals surface area contributed by atoms with Crippen molar-refractivity contribution in [2.24, 2.45) is 0 Å². The maximum atomic E-state index is 14.8. The molecule has 0 saturated carbocycles. The van der Waals surface area contributed by atoms with Crippen LogP contribution in [0, 0.1) is 24.4 Å². The predicted octanol–water partition coefficient (Wildman–Crippen LogP) is 6.97. The van der Waals surface area contributed by atoms with Gasteiger partial charge in [0.1, 0.15) is 11.6 Å². The van der Waals surface area contributed by atoms with E-state index in [1.54, 1.807) is 25.1 Å². The highest BCUT2D eigenvalue weighted by molar-refractivity contribution is 5.43. The van der Waals surface area contributed by atoms with Gasteiger partial charge in [0.15, 0.2) is 11.6 Å². The molecule has 0 fully saturated rings. The van der Waals surface area contributed by atoms with Crippen LogP contribution in [-0.2, 0) is 0 Å². The highest BCUT2D eigenvalue weighted by atomic mass is 19.3. The first-order valence-electron chi connectivity index (χ1n) is 9.21. The molecule has 1 aliphatic carbocycles. The Bertz CT molecular complexity index is 891. The van der Waals surface area contributed by atoms with Crippen molar-refractivity contribution >= 4 is 0 Å². The minimum Gasteiger partial charge on any atom is -0.493 e. The Morgan fingerprint density at radius 1 is 0.893 bits per heavy atom. The van der Waals surface area contributed by atoms with Crippen LogP contribution in [0.3, 0.4) is 0 Å². The lowest BCUT2D eigenvalue weighted by Gasteiger charge is -2.25. The summed E-state index contributed by atoms with van der Waals surface area (Å²) in [6.45, 7) is 3.28. The van der Waals surface area contributed by atoms with Crippen LogP contribution in [0.25, 0.3) is 0 Å². The Hall–Kier alpha value is -2.37. The summed E-state index contributed by atoms with van der Waals surface area (Å²) in [6, 6.07) is 5.89. The van der Waals surface area contributed by atoms with Crippen LogP contribution in [0.2, 0.25) is 0 Å². The number of aryl methyl sites for hydroxylation is 1. The van der Waals surface area contributed by atoms with Crippen molar-refractivity contribution in [3.63, 3.8) is 0 Å². The maximum Gasteiger partial charge on any atom is 0.270 e. The fraction of sp³-hybridized carbons (Fsp3) is 0.364. The van der Waals surface area contributed by atoms with E-state index >= 15 is 0 Å². The van der Waals surface area contributed by atoms with Crippen LogP contribution < -0.4 is 4.74 Å². The fourth-order valence-electron chi connectivity index (χ4n) is 3.65. The van der Waals surface area contributed by atoms with Gasteiger partial charge in [-0.1, -0.05) is 30.4 Å². The smallest absolute Gasteiger partial charge is 0.270 e. The number of rotatable bonds is 5. The summed E-state index contributed by atoms with van der Waals surface area (Å²) in [5.41, 5.74) is -0.0985. The standard InChI is InChI=1S/C22H21F5O/c1-3-28-17-11-10-15(20(24)18(17)22(26)27)13-5-7-14(8-6-13)16-9-4-12(2)19(23)21(16)25/h4-5,7,9-11,13-14,22H,3,6,8H2,1-2H3. The monoisotopic (exact) mass is 396 g/mol. The summed E-state index contributed by atoms with van der Waals surface area (Å²) in [6.07, 6.45) is 1.27. The molecule has 0 heterocycles. The zero-order valence-corrected chi connectivity index (χ0v) is 15.6. The Kier molecular flexibility index (Phi) is 6.06. The first-order chi connectivity index (χ1) is 13.3. The predicted molar refractivity (Wildman–Crippen MR) is 97.5 cm³/mol. The lowest BCUT2D eigenvalue weighted by atomic mass is 9.80. The first-order valence-corrected chi connectivity index (χ1v) is 9.21. The maximum absolute atomic E-state index is 14.8. The molecule has 0 N–H and O–H groups in total. The third-order valence-electron chi connectivity index (χ3n) is 5.16. The van der Waals surface area contributed by atoms with Gasteiger partial charge in [-0.3, -0.25) is 0 Å². The molecule has 1 aliphatic rings. The number of allylic oxidation sites excluding steroid dienone is 2. The van der Waals surface area contributed by atoms with Gasteiger partial charge < -0.3 is 4.74 Å². The average Bonchev–Trinajstić information content (AvgIpc) is 2.67. The first kappa shape index (κ1) is 20.4. The summed E-state index contributed by atoms with van der Waals surface area (Å²) in [5, 5.41) is 0. The average molecular weight is 396 g/mol. The number of ether oxygens (including phenoxy) is 1. The zero-order chi connectivity index (χ0) is 20.4. The second-order valence-corrected chi connectivity index (χ2v) is 6.89. The Morgan fingerprint density at radius 3 is 2.00 bits per heavy atom. The highest BCUT2D eigenvalue weighted by Crippen LogP contribution is 2.41. The molecule has 0 radical (unpaired) electrons. The van der Waals surface area contributed by atoms with E-state index < -0.39 is 35.4 Å². The summed E-state index contributed by atoms with van der Waals surface area (Å²) >= 11 is 0. The quantitative estimate of drug-likeness (QED) is 0.392. The van der Waals surface area contributed by atoms with E-state index in [0.717, 1.165) is 0 Å². The summed E-state index contributed by atoms with van der Waals surface area (Å²) in [4.78, 5) is 0. The van der Waals surface area contributed by atoms with E-state index in [1.165, 1.54) is 25.1 Å². The van der Waals surface area contributed by atoms with E-state index in [2.05, 4.69) is 0 Å². The molecule has 150 valence electrons. The van der Waals surface area contributed by atoms with Gasteiger partial charge in [-0.15, -0.1) is 0 Å². The van der Waals surface area contributed by atoms with Gasteiger partial charge in [-0.05, 0) is 49.4 Å². The van der Waals surface area contributed by atoms with E-state index in [-0.39, 0.29) is 35.0 Å². The summed E-state index contributed by atoms with van der Waals surface area (Å²) in [5.74, 6) is -3.63. The second-order valence-electron chi connectivity index (χ2n) is 6.89. The zero-order valence-electron chi connectivity index (χ0n) is 15.6. The van der Waals surface area contributed by atoms with Crippen molar-refractivity contribution in [1.29, 1.82) is 0 Å². The summed E-state index contributed by atoms with van der Waals surface area (Å²) < 4.78 is 74.6. The molecule has 2 aromatic rings. The van der Waals surface area contributed by atoms with Crippen LogP contribution in [0.5, 0.6) is 5.75 Å². The molecule has 6 heteroatoms. The third-order valence-corrected chi connectivity index (χ3v) is 5.16. The molecule has 2 atom stereocenters. The van der Waals surface area contributed by atoms with Crippen LogP contribution in [0.1, 0.15) is 60.3 Å². The molecule has 28 heavy (non-hydrogen) atoms. The lowest BCUT2D eigenvalue weighted by molar-refractivity contribution is 0.140. The van der Waals surface area contributed by atoms with E-state index in [9.17, 15) is 22.0 Å². The number of hydrogen-bond donors (Lipinski definition) is 0. The van der Waals surface area contributed by atoms with Crippen LogP contribution in [-0.4, -0.2) is 6.61 Å². The van der Waals surface area contributed by atoms with Gasteiger partial charge in [0.25, 0.3) is 6.43 Å². The number of halogens is 5. The van der Waals surface area contributed by atoms with Crippen molar-refractivity contribution in [2.45, 2.75) is 45.0 Å². The Balaban J connectivity index is 1.89. The number of benzene rings is 2. The van der Waals surface area contributed by atoms with Gasteiger partial charge in [0.05, 0.1) is 12.2 Å². The molecule has 0 aliphatic heterocycles. The Morgan fingerprint density at radius 2 is 1.46 bits per heavy atom. The molecule has 3 rings (SSSR count). The number of alkyl halides is 2. The molecular weight excluding hydrogens is 375 g/mol. The van der Waals surface area contributed by atoms with Crippen LogP contribution in [0.4, 0.5) is 22.0 Å². The molecular formula is C22H21F5O. The summed E-state index contributed by atoms with van der Waals surface area (Å²) in [7, 11) is 0. The largest absolute Gasteiger partial charge is 0.493 e. The molecule has 0 saturated heterocycles. The van der Waals surface area contributed by atoms with Gasteiger partial charge >= 0.3 is 0 Å². The van der Waals surface area contributed by atoms with Gasteiger partial charge in [-0.25, -0.2) is 22.0 Å². The minimum atomic E-state index is -2.99. The third kappa shape index (κ3) is 3.77. The van der Waals surface area contributed by atoms with Crippen molar-refractivity contribution < 1.29 is 26.7 Å². The second kappa shape index (κ2) is 8.33. The normalized spacial score (nSPS) is 19.3. The van der Waals surface area contributed by atoms with Crippen molar-refractivity contribution in [1.82, 2.24) is 0 Å². The number of hydrogen-bond acceptors (Lipinski definition) is 1. The van der Waals surface area contributed by atoms with Gasteiger partial charge in [-0.2, -0.15) is 0 Å². The molecule has 2 aromatic carbocycles.